The first-order valence-corrected chi connectivity index (χ1v) is 12.4. The number of carbonyl (C=O) groups is 1. The molecule has 0 radical (unpaired) electrons. The maximum atomic E-state index is 12.6. The maximum absolute atomic E-state index is 12.6. The molecular weight excluding hydrogens is 304 g/mol. The molecule has 0 saturated heterocycles. The first-order chi connectivity index (χ1) is 10.6. The number of ether oxygens (including phenoxy) is 1. The summed E-state index contributed by atoms with van der Waals surface area (Å²) in [4.78, 5) is 12.6. The van der Waals surface area contributed by atoms with Gasteiger partial charge in [-0.25, -0.2) is 0 Å². The van der Waals surface area contributed by atoms with Crippen LogP contribution in [0.5, 0.6) is 0 Å². The molecule has 1 aliphatic rings. The second-order valence-electron chi connectivity index (χ2n) is 8.53. The van der Waals surface area contributed by atoms with Gasteiger partial charge in [-0.05, 0) is 50.2 Å². The van der Waals surface area contributed by atoms with E-state index in [1.165, 1.54) is 19.3 Å². The van der Waals surface area contributed by atoms with Crippen LogP contribution in [0.2, 0.25) is 18.1 Å². The normalized spacial score (nSPS) is 26.1. The Morgan fingerprint density at radius 3 is 2.35 bits per heavy atom. The van der Waals surface area contributed by atoms with Gasteiger partial charge in [0.15, 0.2) is 8.32 Å². The SMILES string of the molecule is CCCC[C@H]1CCC[C@H](O[Si](C)(C)C(C)(C)C)[C@@H]1C(=O)OCC. The number of hydrogen-bond acceptors (Lipinski definition) is 3. The molecule has 0 aliphatic heterocycles. The highest BCUT2D eigenvalue weighted by Crippen LogP contribution is 2.42. The molecule has 23 heavy (non-hydrogen) atoms. The molecule has 0 aromatic heterocycles. The average molecular weight is 343 g/mol. The molecule has 4 heteroatoms. The lowest BCUT2D eigenvalue weighted by Crippen LogP contribution is -2.50. The van der Waals surface area contributed by atoms with Crippen molar-refractivity contribution in [1.82, 2.24) is 0 Å². The Balaban J connectivity index is 2.94. The zero-order valence-corrected chi connectivity index (χ0v) is 17.4. The van der Waals surface area contributed by atoms with E-state index >= 15 is 0 Å². The highest BCUT2D eigenvalue weighted by molar-refractivity contribution is 6.74. The number of carbonyl (C=O) groups excluding carboxylic acids is 1. The first-order valence-electron chi connectivity index (χ1n) is 9.48. The first kappa shape index (κ1) is 20.7. The van der Waals surface area contributed by atoms with E-state index in [2.05, 4.69) is 40.8 Å². The summed E-state index contributed by atoms with van der Waals surface area (Å²) in [6.07, 6.45) is 6.85. The van der Waals surface area contributed by atoms with E-state index in [0.29, 0.717) is 12.5 Å². The second kappa shape index (κ2) is 8.66. The molecule has 0 spiro atoms. The Kier molecular flexibility index (Phi) is 7.79. The highest BCUT2D eigenvalue weighted by atomic mass is 28.4. The third kappa shape index (κ3) is 5.59. The van der Waals surface area contributed by atoms with E-state index < -0.39 is 8.32 Å². The summed E-state index contributed by atoms with van der Waals surface area (Å²) < 4.78 is 12.1. The van der Waals surface area contributed by atoms with Gasteiger partial charge in [-0.1, -0.05) is 47.0 Å². The number of unbranched alkanes of at least 4 members (excludes halogenated alkanes) is 1. The average Bonchev–Trinajstić information content (AvgIpc) is 2.43. The molecule has 0 unspecified atom stereocenters. The lowest BCUT2D eigenvalue weighted by molar-refractivity contribution is -0.156. The molecule has 136 valence electrons. The summed E-state index contributed by atoms with van der Waals surface area (Å²) in [5.41, 5.74) is 0. The summed E-state index contributed by atoms with van der Waals surface area (Å²) in [5.74, 6) is 0.332. The summed E-state index contributed by atoms with van der Waals surface area (Å²) in [6, 6.07) is 0. The minimum absolute atomic E-state index is 0.0305. The Bertz CT molecular complexity index is 373. The van der Waals surface area contributed by atoms with Gasteiger partial charge in [0, 0.05) is 0 Å². The molecule has 0 N–H and O–H groups in total. The van der Waals surface area contributed by atoms with E-state index in [0.717, 1.165) is 19.3 Å². The van der Waals surface area contributed by atoms with Crippen LogP contribution in [0.15, 0.2) is 0 Å². The monoisotopic (exact) mass is 342 g/mol. The van der Waals surface area contributed by atoms with Crippen molar-refractivity contribution in [2.24, 2.45) is 11.8 Å². The van der Waals surface area contributed by atoms with Gasteiger partial charge in [-0.15, -0.1) is 0 Å². The van der Waals surface area contributed by atoms with Gasteiger partial charge >= 0.3 is 5.97 Å². The van der Waals surface area contributed by atoms with Crippen molar-refractivity contribution < 1.29 is 14.0 Å². The second-order valence-corrected chi connectivity index (χ2v) is 13.3. The molecule has 0 amide bonds. The van der Waals surface area contributed by atoms with Crippen molar-refractivity contribution in [3.63, 3.8) is 0 Å². The fraction of sp³-hybridized carbons (Fsp3) is 0.947. The van der Waals surface area contributed by atoms with Crippen molar-refractivity contribution in [3.8, 4) is 0 Å². The molecule has 1 saturated carbocycles. The van der Waals surface area contributed by atoms with Gasteiger partial charge in [-0.3, -0.25) is 4.79 Å². The van der Waals surface area contributed by atoms with Crippen molar-refractivity contribution in [3.05, 3.63) is 0 Å². The molecule has 1 fully saturated rings. The van der Waals surface area contributed by atoms with Gasteiger partial charge < -0.3 is 9.16 Å². The molecule has 0 aromatic rings. The summed E-state index contributed by atoms with van der Waals surface area (Å²) in [6.45, 7) is 15.9. The van der Waals surface area contributed by atoms with Crippen molar-refractivity contribution >= 4 is 14.3 Å². The molecule has 0 heterocycles. The van der Waals surface area contributed by atoms with Gasteiger partial charge in [0.25, 0.3) is 0 Å². The predicted octanol–water partition coefficient (Wildman–Crippen LogP) is 5.55. The van der Waals surface area contributed by atoms with Crippen LogP contribution in [0.4, 0.5) is 0 Å². The smallest absolute Gasteiger partial charge is 0.311 e. The van der Waals surface area contributed by atoms with E-state index in [9.17, 15) is 4.79 Å². The van der Waals surface area contributed by atoms with Gasteiger partial charge in [-0.2, -0.15) is 0 Å². The highest BCUT2D eigenvalue weighted by Gasteiger charge is 2.45. The van der Waals surface area contributed by atoms with Crippen LogP contribution in [0, 0.1) is 11.8 Å². The van der Waals surface area contributed by atoms with Crippen LogP contribution in [-0.4, -0.2) is 27.0 Å². The number of rotatable bonds is 7. The van der Waals surface area contributed by atoms with Crippen LogP contribution < -0.4 is 0 Å². The Morgan fingerprint density at radius 1 is 1.17 bits per heavy atom. The lowest BCUT2D eigenvalue weighted by Gasteiger charge is -2.44. The fourth-order valence-electron chi connectivity index (χ4n) is 3.30. The number of hydrogen-bond donors (Lipinski definition) is 0. The van der Waals surface area contributed by atoms with E-state index in [1.807, 2.05) is 6.92 Å². The van der Waals surface area contributed by atoms with E-state index in [4.69, 9.17) is 9.16 Å². The molecule has 0 bridgehead atoms. The van der Waals surface area contributed by atoms with Gasteiger partial charge in [0.05, 0.1) is 18.6 Å². The van der Waals surface area contributed by atoms with Gasteiger partial charge in [0.1, 0.15) is 0 Å². The van der Waals surface area contributed by atoms with E-state index in [1.54, 1.807) is 0 Å². The van der Waals surface area contributed by atoms with Crippen LogP contribution in [0.3, 0.4) is 0 Å². The Morgan fingerprint density at radius 2 is 1.83 bits per heavy atom. The number of esters is 1. The maximum Gasteiger partial charge on any atom is 0.311 e. The lowest BCUT2D eigenvalue weighted by atomic mass is 9.75. The minimum Gasteiger partial charge on any atom is -0.466 e. The Labute approximate surface area is 144 Å². The Hall–Kier alpha value is -0.353. The summed E-state index contributed by atoms with van der Waals surface area (Å²) in [5, 5.41) is 0.169. The van der Waals surface area contributed by atoms with Crippen LogP contribution >= 0.6 is 0 Å². The fourth-order valence-corrected chi connectivity index (χ4v) is 4.68. The minimum atomic E-state index is -1.87. The zero-order valence-electron chi connectivity index (χ0n) is 16.4. The van der Waals surface area contributed by atoms with Crippen LogP contribution in [-0.2, 0) is 14.0 Å². The molecule has 3 atom stereocenters. The summed E-state index contributed by atoms with van der Waals surface area (Å²) in [7, 11) is -1.87. The molecule has 3 nitrogen and oxygen atoms in total. The van der Waals surface area contributed by atoms with Gasteiger partial charge in [0.2, 0.25) is 0 Å². The predicted molar refractivity (Wildman–Crippen MR) is 99.1 cm³/mol. The third-order valence-electron chi connectivity index (χ3n) is 5.71. The third-order valence-corrected chi connectivity index (χ3v) is 10.2. The van der Waals surface area contributed by atoms with Crippen LogP contribution in [0.1, 0.15) is 73.1 Å². The molecular formula is C19H38O3Si. The molecule has 1 rings (SSSR count). The van der Waals surface area contributed by atoms with Crippen molar-refractivity contribution in [2.45, 2.75) is 97.4 Å². The summed E-state index contributed by atoms with van der Waals surface area (Å²) >= 11 is 0. The standard InChI is InChI=1S/C19H38O3Si/c1-8-10-12-15-13-11-14-16(17(15)18(20)21-9-2)22-23(6,7)19(3,4)5/h15-17H,8-14H2,1-7H3/t15-,16-,17+/m0/s1. The topological polar surface area (TPSA) is 35.5 Å². The van der Waals surface area contributed by atoms with Crippen molar-refractivity contribution in [1.29, 1.82) is 0 Å². The van der Waals surface area contributed by atoms with Crippen molar-refractivity contribution in [2.75, 3.05) is 6.61 Å². The van der Waals surface area contributed by atoms with Crippen LogP contribution in [0.25, 0.3) is 0 Å². The molecule has 1 aliphatic carbocycles. The quantitative estimate of drug-likeness (QED) is 0.449. The largest absolute Gasteiger partial charge is 0.466 e. The molecule has 0 aromatic carbocycles. The zero-order chi connectivity index (χ0) is 17.7. The van der Waals surface area contributed by atoms with E-state index in [-0.39, 0.29) is 23.0 Å².